The molecule has 0 amide bonds. The highest BCUT2D eigenvalue weighted by Crippen LogP contribution is 2.57. The quantitative estimate of drug-likeness (QED) is 0.0355. The van der Waals surface area contributed by atoms with Gasteiger partial charge in [0.2, 0.25) is 0 Å². The summed E-state index contributed by atoms with van der Waals surface area (Å²) in [5, 5.41) is 0. The zero-order valence-corrected chi connectivity index (χ0v) is 63.0. The second-order valence-electron chi connectivity index (χ2n) is 30.2. The minimum atomic E-state index is -0.0554. The summed E-state index contributed by atoms with van der Waals surface area (Å²) >= 11 is 0. The van der Waals surface area contributed by atoms with E-state index in [2.05, 4.69) is 224 Å². The molecule has 0 aliphatic heterocycles. The summed E-state index contributed by atoms with van der Waals surface area (Å²) in [6.45, 7) is 13.8. The van der Waals surface area contributed by atoms with Crippen molar-refractivity contribution in [3.8, 4) is 102 Å². The van der Waals surface area contributed by atoms with Crippen molar-refractivity contribution < 1.29 is 0 Å². The summed E-state index contributed by atoms with van der Waals surface area (Å²) in [6, 6.07) is 68.5. The van der Waals surface area contributed by atoms with Gasteiger partial charge in [-0.25, -0.2) is 29.9 Å². The Bertz CT molecular complexity index is 3950. The lowest BCUT2D eigenvalue weighted by Gasteiger charge is -2.33. The van der Waals surface area contributed by atoms with Crippen LogP contribution in [-0.2, 0) is 23.7 Å². The first kappa shape index (κ1) is 73.5. The molecule has 0 radical (unpaired) electrons. The van der Waals surface area contributed by atoms with E-state index in [0.717, 1.165) is 83.0 Å². The molecule has 0 N–H and O–H groups in total. The molecular weight excluding hydrogens is 1240 g/mol. The van der Waals surface area contributed by atoms with E-state index in [9.17, 15) is 0 Å². The fourth-order valence-electron chi connectivity index (χ4n) is 16.9. The Kier molecular flexibility index (Phi) is 26.5. The van der Waals surface area contributed by atoms with Crippen molar-refractivity contribution >= 4 is 0 Å². The number of unbranched alkanes of at least 4 members (excludes halogenated alkanes) is 22. The van der Waals surface area contributed by atoms with Crippen molar-refractivity contribution in [1.29, 1.82) is 0 Å². The van der Waals surface area contributed by atoms with Crippen LogP contribution >= 0.6 is 0 Å². The fourth-order valence-corrected chi connectivity index (χ4v) is 16.9. The molecule has 102 heavy (non-hydrogen) atoms. The Morgan fingerprint density at radius 2 is 0.441 bits per heavy atom. The second-order valence-corrected chi connectivity index (χ2v) is 30.2. The molecule has 2 aromatic heterocycles. The number of aryl methyl sites for hydroxylation is 2. The maximum Gasteiger partial charge on any atom is 0.164 e. The number of fused-ring (bicyclic) bond motifs is 6. The van der Waals surface area contributed by atoms with Crippen molar-refractivity contribution in [2.75, 3.05) is 0 Å². The van der Waals surface area contributed by atoms with Crippen LogP contribution in [0.2, 0.25) is 0 Å². The second kappa shape index (κ2) is 36.8. The van der Waals surface area contributed by atoms with Crippen molar-refractivity contribution in [1.82, 2.24) is 29.9 Å². The van der Waals surface area contributed by atoms with Gasteiger partial charge in [0.15, 0.2) is 34.9 Å². The molecule has 0 saturated carbocycles. The Labute approximate surface area is 614 Å². The largest absolute Gasteiger partial charge is 0.208 e. The Balaban J connectivity index is 0.875. The van der Waals surface area contributed by atoms with Crippen LogP contribution in [0.4, 0.5) is 0 Å². The van der Waals surface area contributed by atoms with Crippen LogP contribution in [0, 0.1) is 0 Å². The van der Waals surface area contributed by atoms with Crippen LogP contribution in [0.15, 0.2) is 182 Å². The summed E-state index contributed by atoms with van der Waals surface area (Å²) in [6.07, 6.45) is 42.4. The zero-order chi connectivity index (χ0) is 70.4. The van der Waals surface area contributed by atoms with Gasteiger partial charge in [0.1, 0.15) is 0 Å². The van der Waals surface area contributed by atoms with Crippen LogP contribution in [0.25, 0.3) is 102 Å². The van der Waals surface area contributed by atoms with Gasteiger partial charge in [-0.15, -0.1) is 0 Å². The maximum atomic E-state index is 5.45. The molecule has 0 bridgehead atoms. The number of rotatable bonds is 41. The Morgan fingerprint density at radius 1 is 0.206 bits per heavy atom. The van der Waals surface area contributed by atoms with E-state index in [1.54, 1.807) is 0 Å². The SMILES string of the molecule is CCCCCCCCC1(CCCCCCCC)c2ccccc2-c2ccc(-c3nc(-c4ccc(CCCC)cc4)nc(-c4ccc(-c5ccc(-c6nc(-c7ccc(CCCC)cc7)nc(-c7ccc8c(c7)C(CCCCCCCC)(CCCCCCCC)c7ccccc7-8)n6)cc5)cc4)n3)cc21. The van der Waals surface area contributed by atoms with Crippen molar-refractivity contribution in [3.63, 3.8) is 0 Å². The summed E-state index contributed by atoms with van der Waals surface area (Å²) in [7, 11) is 0. The normalized spacial score (nSPS) is 13.1. The fraction of sp³-hybridized carbons (Fsp3) is 0.438. The summed E-state index contributed by atoms with van der Waals surface area (Å²) in [4.78, 5) is 32.4. The first-order valence-corrected chi connectivity index (χ1v) is 40.7. The Hall–Kier alpha value is -8.22. The highest BCUT2D eigenvalue weighted by molar-refractivity contribution is 5.85. The highest BCUT2D eigenvalue weighted by atomic mass is 15.0. The third kappa shape index (κ3) is 17.5. The molecule has 0 atom stereocenters. The smallest absolute Gasteiger partial charge is 0.164 e. The molecule has 8 aromatic carbocycles. The highest BCUT2D eigenvalue weighted by Gasteiger charge is 2.44. The number of nitrogens with zero attached hydrogens (tertiary/aromatic N) is 6. The molecule has 6 nitrogen and oxygen atoms in total. The first-order chi connectivity index (χ1) is 50.3. The van der Waals surface area contributed by atoms with Gasteiger partial charge in [0.25, 0.3) is 0 Å². The first-order valence-electron chi connectivity index (χ1n) is 40.7. The Morgan fingerprint density at radius 3 is 0.745 bits per heavy atom. The lowest BCUT2D eigenvalue weighted by Crippen LogP contribution is -2.25. The van der Waals surface area contributed by atoms with E-state index in [4.69, 9.17) is 29.9 Å². The van der Waals surface area contributed by atoms with E-state index in [1.807, 2.05) is 0 Å². The van der Waals surface area contributed by atoms with Gasteiger partial charge in [-0.3, -0.25) is 0 Å². The number of hydrogen-bond donors (Lipinski definition) is 0. The van der Waals surface area contributed by atoms with Crippen molar-refractivity contribution in [2.45, 2.75) is 271 Å². The lowest BCUT2D eigenvalue weighted by molar-refractivity contribution is 0.398. The van der Waals surface area contributed by atoms with Gasteiger partial charge >= 0.3 is 0 Å². The van der Waals surface area contributed by atoms with E-state index in [0.29, 0.717) is 34.9 Å². The average molecular weight is 1350 g/mol. The standard InChI is InChI=1S/C96H116N6/c1-7-13-19-23-27-35-65-95(66-36-28-24-20-14-8-2)85-43-33-31-41-81(85)83-63-61-79(69-87(83)95)93-99-89(75-49-45-71(46-50-75)39-17-11-5)97-91(101-93)77-57-53-73(54-58-77)74-55-59-78(60-56-74)92-98-90(76-51-47-72(48-52-76)40-18-12-6)100-94(102-92)80-62-64-84-82-42-32-34-44-86(82)96(88(84)70-80,67-37-29-25-21-15-9-3)68-38-30-26-22-16-10-4/h31-34,41-64,69-70H,7-30,35-40,65-68H2,1-6H3. The predicted molar refractivity (Wildman–Crippen MR) is 433 cm³/mol. The molecule has 2 aliphatic carbocycles. The molecular formula is C96H116N6. The van der Waals surface area contributed by atoms with Gasteiger partial charge in [0.05, 0.1) is 0 Å². The van der Waals surface area contributed by atoms with Crippen LogP contribution in [0.3, 0.4) is 0 Å². The number of benzene rings is 8. The summed E-state index contributed by atoms with van der Waals surface area (Å²) in [5.74, 6) is 4.17. The van der Waals surface area contributed by atoms with Crippen LogP contribution in [0.5, 0.6) is 0 Å². The summed E-state index contributed by atoms with van der Waals surface area (Å²) in [5.41, 5.74) is 22.3. The van der Waals surface area contributed by atoms with Crippen molar-refractivity contribution in [2.24, 2.45) is 0 Å². The molecule has 0 fully saturated rings. The molecule has 0 spiro atoms. The zero-order valence-electron chi connectivity index (χ0n) is 63.0. The molecule has 6 heteroatoms. The van der Waals surface area contributed by atoms with Gasteiger partial charge in [-0.2, -0.15) is 0 Å². The third-order valence-corrected chi connectivity index (χ3v) is 22.8. The molecule has 10 aromatic rings. The van der Waals surface area contributed by atoms with Crippen LogP contribution < -0.4 is 0 Å². The van der Waals surface area contributed by atoms with Gasteiger partial charge in [-0.05, 0) is 130 Å². The van der Waals surface area contributed by atoms with Crippen molar-refractivity contribution in [3.05, 3.63) is 215 Å². The third-order valence-electron chi connectivity index (χ3n) is 22.8. The molecule has 2 aliphatic rings. The van der Waals surface area contributed by atoms with Gasteiger partial charge < -0.3 is 0 Å². The number of aromatic nitrogens is 6. The van der Waals surface area contributed by atoms with E-state index in [1.165, 1.54) is 235 Å². The molecule has 530 valence electrons. The van der Waals surface area contributed by atoms with Gasteiger partial charge in [-0.1, -0.05) is 378 Å². The molecule has 0 saturated heterocycles. The topological polar surface area (TPSA) is 77.3 Å². The molecule has 0 unspecified atom stereocenters. The molecule has 2 heterocycles. The summed E-state index contributed by atoms with van der Waals surface area (Å²) < 4.78 is 0. The van der Waals surface area contributed by atoms with E-state index < -0.39 is 0 Å². The van der Waals surface area contributed by atoms with E-state index >= 15 is 0 Å². The predicted octanol–water partition coefficient (Wildman–Crippen LogP) is 27.9. The van der Waals surface area contributed by atoms with E-state index in [-0.39, 0.29) is 10.8 Å². The number of hydrogen-bond acceptors (Lipinski definition) is 6. The van der Waals surface area contributed by atoms with Gasteiger partial charge in [0, 0.05) is 44.2 Å². The van der Waals surface area contributed by atoms with Crippen LogP contribution in [0.1, 0.15) is 280 Å². The van der Waals surface area contributed by atoms with Crippen LogP contribution in [-0.4, -0.2) is 29.9 Å². The average Bonchev–Trinajstić information content (AvgIpc) is 1.57. The minimum Gasteiger partial charge on any atom is -0.208 e. The maximum absolute atomic E-state index is 5.45. The minimum absolute atomic E-state index is 0.0554. The lowest BCUT2D eigenvalue weighted by atomic mass is 9.70. The monoisotopic (exact) mass is 1350 g/mol. The molecule has 12 rings (SSSR count).